The molecule has 0 aliphatic carbocycles. The van der Waals surface area contributed by atoms with Gasteiger partial charge in [-0.15, -0.1) is 0 Å². The SMILES string of the molecule is Brc1cccc(N2c3ccccc3[Si](c3ccccc3)(c3ccccc3)c3ccccc32)c1. The lowest BCUT2D eigenvalue weighted by Gasteiger charge is -2.45. The normalized spacial score (nSPS) is 13.8. The van der Waals surface area contributed by atoms with E-state index in [2.05, 4.69) is 154 Å². The lowest BCUT2D eigenvalue weighted by molar-refractivity contribution is 1.29. The summed E-state index contributed by atoms with van der Waals surface area (Å²) < 4.78 is 1.08. The molecule has 0 bridgehead atoms. The molecule has 0 saturated heterocycles. The van der Waals surface area contributed by atoms with Crippen LogP contribution in [0.5, 0.6) is 0 Å². The van der Waals surface area contributed by atoms with Gasteiger partial charge in [0.05, 0.1) is 0 Å². The quantitative estimate of drug-likeness (QED) is 0.283. The molecule has 3 heteroatoms. The van der Waals surface area contributed by atoms with Gasteiger partial charge in [0.2, 0.25) is 0 Å². The highest BCUT2D eigenvalue weighted by Crippen LogP contribution is 2.38. The first kappa shape index (κ1) is 20.2. The number of fused-ring (bicyclic) bond motifs is 2. The summed E-state index contributed by atoms with van der Waals surface area (Å²) in [6.07, 6.45) is 0. The maximum Gasteiger partial charge on any atom is 0.184 e. The van der Waals surface area contributed by atoms with Crippen LogP contribution in [-0.2, 0) is 0 Å². The van der Waals surface area contributed by atoms with Crippen molar-refractivity contribution in [1.29, 1.82) is 0 Å². The first-order valence-corrected chi connectivity index (χ1v) is 14.0. The van der Waals surface area contributed by atoms with Crippen LogP contribution in [0.15, 0.2) is 138 Å². The summed E-state index contributed by atoms with van der Waals surface area (Å²) in [4.78, 5) is 2.42. The van der Waals surface area contributed by atoms with Gasteiger partial charge in [-0.3, -0.25) is 0 Å². The highest BCUT2D eigenvalue weighted by molar-refractivity contribution is 9.10. The van der Waals surface area contributed by atoms with Gasteiger partial charge in [0.1, 0.15) is 0 Å². The van der Waals surface area contributed by atoms with Crippen molar-refractivity contribution >= 4 is 61.8 Å². The summed E-state index contributed by atoms with van der Waals surface area (Å²) in [6, 6.07) is 48.8. The topological polar surface area (TPSA) is 3.24 Å². The molecule has 0 aromatic heterocycles. The van der Waals surface area contributed by atoms with Gasteiger partial charge in [0.15, 0.2) is 8.07 Å². The zero-order chi connectivity index (χ0) is 22.3. The lowest BCUT2D eigenvalue weighted by atomic mass is 10.2. The zero-order valence-electron chi connectivity index (χ0n) is 18.0. The number of hydrogen-bond acceptors (Lipinski definition) is 1. The molecule has 0 amide bonds. The van der Waals surface area contributed by atoms with Crippen LogP contribution in [0.25, 0.3) is 0 Å². The zero-order valence-corrected chi connectivity index (χ0v) is 20.6. The van der Waals surface area contributed by atoms with Crippen molar-refractivity contribution in [2.45, 2.75) is 0 Å². The third-order valence-corrected chi connectivity index (χ3v) is 11.9. The van der Waals surface area contributed by atoms with E-state index < -0.39 is 8.07 Å². The van der Waals surface area contributed by atoms with E-state index in [-0.39, 0.29) is 0 Å². The summed E-state index contributed by atoms with van der Waals surface area (Å²) >= 11 is 3.69. The van der Waals surface area contributed by atoms with Crippen LogP contribution in [0, 0.1) is 0 Å². The largest absolute Gasteiger partial charge is 0.311 e. The van der Waals surface area contributed by atoms with Crippen molar-refractivity contribution < 1.29 is 0 Å². The van der Waals surface area contributed by atoms with Crippen molar-refractivity contribution in [1.82, 2.24) is 0 Å². The molecule has 1 nitrogen and oxygen atoms in total. The summed E-state index contributed by atoms with van der Waals surface area (Å²) in [5.41, 5.74) is 3.68. The highest BCUT2D eigenvalue weighted by Gasteiger charge is 2.48. The van der Waals surface area contributed by atoms with Gasteiger partial charge in [-0.25, -0.2) is 0 Å². The monoisotopic (exact) mass is 503 g/mol. The first-order chi connectivity index (χ1) is 16.3. The molecule has 33 heavy (non-hydrogen) atoms. The van der Waals surface area contributed by atoms with Crippen molar-refractivity contribution in [3.8, 4) is 0 Å². The van der Waals surface area contributed by atoms with Crippen LogP contribution in [-0.4, -0.2) is 8.07 Å². The van der Waals surface area contributed by atoms with E-state index >= 15 is 0 Å². The second kappa shape index (κ2) is 8.18. The Balaban J connectivity index is 1.77. The minimum atomic E-state index is -2.52. The molecule has 0 saturated carbocycles. The van der Waals surface area contributed by atoms with Crippen LogP contribution >= 0.6 is 15.9 Å². The molecular formula is C30H22BrNSi. The molecule has 0 fully saturated rings. The molecule has 0 unspecified atom stereocenters. The number of benzene rings is 5. The lowest BCUT2D eigenvalue weighted by Crippen LogP contribution is -2.77. The minimum absolute atomic E-state index is 1.08. The molecule has 1 aliphatic rings. The number of nitrogens with zero attached hydrogens (tertiary/aromatic N) is 1. The summed E-state index contributed by atoms with van der Waals surface area (Å²) in [5, 5.41) is 5.65. The maximum atomic E-state index is 3.69. The minimum Gasteiger partial charge on any atom is -0.311 e. The Kier molecular flexibility index (Phi) is 5.01. The second-order valence-electron chi connectivity index (χ2n) is 8.33. The average Bonchev–Trinajstić information content (AvgIpc) is 2.88. The maximum absolute atomic E-state index is 3.69. The number of anilines is 3. The Bertz CT molecular complexity index is 1340. The molecule has 0 spiro atoms. The van der Waals surface area contributed by atoms with E-state index in [1.165, 1.54) is 32.1 Å². The Morgan fingerprint density at radius 1 is 0.485 bits per heavy atom. The molecule has 0 N–H and O–H groups in total. The van der Waals surface area contributed by atoms with E-state index in [0.29, 0.717) is 0 Å². The van der Waals surface area contributed by atoms with E-state index in [4.69, 9.17) is 0 Å². The highest BCUT2D eigenvalue weighted by atomic mass is 79.9. The van der Waals surface area contributed by atoms with Gasteiger partial charge in [0, 0.05) is 21.5 Å². The van der Waals surface area contributed by atoms with Crippen molar-refractivity contribution in [3.05, 3.63) is 138 Å². The molecule has 1 aliphatic heterocycles. The molecule has 5 aromatic rings. The van der Waals surface area contributed by atoms with Gasteiger partial charge < -0.3 is 4.90 Å². The molecule has 5 aromatic carbocycles. The van der Waals surface area contributed by atoms with Crippen LogP contribution in [0.3, 0.4) is 0 Å². The fourth-order valence-electron chi connectivity index (χ4n) is 5.30. The predicted octanol–water partition coefficient (Wildman–Crippen LogP) is 5.61. The van der Waals surface area contributed by atoms with Gasteiger partial charge in [-0.2, -0.15) is 0 Å². The van der Waals surface area contributed by atoms with E-state index in [1.807, 2.05) is 0 Å². The summed E-state index contributed by atoms with van der Waals surface area (Å²) in [5.74, 6) is 0. The van der Waals surface area contributed by atoms with Crippen LogP contribution < -0.4 is 25.6 Å². The number of halogens is 1. The van der Waals surface area contributed by atoms with Crippen molar-refractivity contribution in [3.63, 3.8) is 0 Å². The van der Waals surface area contributed by atoms with Crippen molar-refractivity contribution in [2.75, 3.05) is 4.90 Å². The van der Waals surface area contributed by atoms with Crippen LogP contribution in [0.4, 0.5) is 17.1 Å². The Labute approximate surface area is 204 Å². The third-order valence-electron chi connectivity index (χ3n) is 6.58. The van der Waals surface area contributed by atoms with Crippen LogP contribution in [0.1, 0.15) is 0 Å². The predicted molar refractivity (Wildman–Crippen MR) is 146 cm³/mol. The van der Waals surface area contributed by atoms with Gasteiger partial charge in [-0.05, 0) is 51.1 Å². The number of para-hydroxylation sites is 2. The molecular weight excluding hydrogens is 482 g/mol. The standard InChI is InChI=1S/C30H22BrNSi/c31-23-12-11-13-24(22-23)32-27-18-7-9-20-29(27)33(25-14-3-1-4-15-25,26-16-5-2-6-17-26)30-21-10-8-19-28(30)32/h1-22H. The Morgan fingerprint density at radius 2 is 0.970 bits per heavy atom. The molecule has 0 radical (unpaired) electrons. The molecule has 1 heterocycles. The smallest absolute Gasteiger partial charge is 0.184 e. The van der Waals surface area contributed by atoms with Gasteiger partial charge >= 0.3 is 0 Å². The fourth-order valence-corrected chi connectivity index (χ4v) is 10.8. The third kappa shape index (κ3) is 3.11. The van der Waals surface area contributed by atoms with E-state index in [0.717, 1.165) is 10.2 Å². The summed E-state index contributed by atoms with van der Waals surface area (Å²) in [6.45, 7) is 0. The van der Waals surface area contributed by atoms with E-state index in [1.54, 1.807) is 0 Å². The average molecular weight is 505 g/mol. The van der Waals surface area contributed by atoms with Gasteiger partial charge in [0.25, 0.3) is 0 Å². The second-order valence-corrected chi connectivity index (χ2v) is 13.0. The molecule has 6 rings (SSSR count). The number of rotatable bonds is 3. The van der Waals surface area contributed by atoms with Crippen molar-refractivity contribution in [2.24, 2.45) is 0 Å². The first-order valence-electron chi connectivity index (χ1n) is 11.2. The van der Waals surface area contributed by atoms with Crippen LogP contribution in [0.2, 0.25) is 0 Å². The fraction of sp³-hybridized carbons (Fsp3) is 0. The summed E-state index contributed by atoms with van der Waals surface area (Å²) in [7, 11) is -2.52. The van der Waals surface area contributed by atoms with Gasteiger partial charge in [-0.1, -0.05) is 119 Å². The number of hydrogen-bond donors (Lipinski definition) is 0. The molecule has 158 valence electrons. The Hall–Kier alpha value is -3.40. The Morgan fingerprint density at radius 3 is 1.48 bits per heavy atom. The molecule has 0 atom stereocenters. The van der Waals surface area contributed by atoms with E-state index in [9.17, 15) is 0 Å².